The molecule has 0 saturated carbocycles. The minimum absolute atomic E-state index is 0.0542. The van der Waals surface area contributed by atoms with Gasteiger partial charge in [-0.15, -0.1) is 0 Å². The zero-order valence-electron chi connectivity index (χ0n) is 25.6. The molecule has 284 valence electrons. The Hall–Kier alpha value is -3.11. The first kappa shape index (κ1) is 45.9. The van der Waals surface area contributed by atoms with Crippen LogP contribution in [0.5, 0.6) is 0 Å². The lowest BCUT2D eigenvalue weighted by Gasteiger charge is -2.32. The average Bonchev–Trinajstić information content (AvgIpc) is 3.43. The van der Waals surface area contributed by atoms with Crippen LogP contribution in [0.15, 0.2) is 24.3 Å². The summed E-state index contributed by atoms with van der Waals surface area (Å²) >= 11 is 4.88. The molecule has 0 radical (unpaired) electrons. The summed E-state index contributed by atoms with van der Waals surface area (Å²) in [6.45, 7) is 9.96. The lowest BCUT2D eigenvalue weighted by Crippen LogP contribution is -2.57. The number of alkyl halides is 12. The van der Waals surface area contributed by atoms with E-state index in [4.69, 9.17) is 16.7 Å². The van der Waals surface area contributed by atoms with Gasteiger partial charge in [0, 0.05) is 35.8 Å². The van der Waals surface area contributed by atoms with Gasteiger partial charge >= 0.3 is 42.6 Å². The molecule has 23 heteroatoms. The molecule has 2 saturated heterocycles. The van der Waals surface area contributed by atoms with Crippen molar-refractivity contribution < 1.29 is 101 Å². The van der Waals surface area contributed by atoms with Crippen LogP contribution in [-0.4, -0.2) is 90.0 Å². The van der Waals surface area contributed by atoms with Gasteiger partial charge in [0.25, 0.3) is 16.4 Å². The lowest BCUT2D eigenvalue weighted by molar-refractivity contribution is -0.385. The zero-order chi connectivity index (χ0) is 39.1. The number of halogens is 13. The van der Waals surface area contributed by atoms with Crippen molar-refractivity contribution in [3.63, 3.8) is 0 Å². The smallest absolute Gasteiger partial charge is 0.426 e. The highest BCUT2D eigenvalue weighted by atomic mass is 35.5. The Kier molecular flexibility index (Phi) is 15.7. The second-order valence-electron chi connectivity index (χ2n) is 10.6. The third kappa shape index (κ3) is 12.0. The van der Waals surface area contributed by atoms with Crippen molar-refractivity contribution in [2.45, 2.75) is 89.0 Å². The predicted octanol–water partition coefficient (Wildman–Crippen LogP) is 5.99. The fourth-order valence-corrected chi connectivity index (χ4v) is 3.74. The van der Waals surface area contributed by atoms with Crippen LogP contribution in [0.1, 0.15) is 40.5 Å². The third-order valence-corrected chi connectivity index (χ3v) is 6.33. The molecular weight excluding hydrogens is 736 g/mol. The Labute approximate surface area is 274 Å². The van der Waals surface area contributed by atoms with Gasteiger partial charge in [0.1, 0.15) is 0 Å². The molecule has 0 aromatic rings. The summed E-state index contributed by atoms with van der Waals surface area (Å²) in [5.41, 5.74) is -8.46. The summed E-state index contributed by atoms with van der Waals surface area (Å²) < 4.78 is 172. The van der Waals surface area contributed by atoms with Crippen molar-refractivity contribution >= 4 is 34.8 Å². The Morgan fingerprint density at radius 1 is 0.714 bits per heavy atom. The summed E-state index contributed by atoms with van der Waals surface area (Å²) in [5.74, 6) is -5.51. The molecule has 4 atom stereocenters. The summed E-state index contributed by atoms with van der Waals surface area (Å²) in [5, 5.41) is 8.14. The maximum atomic E-state index is 12.9. The normalized spacial score (nSPS) is 23.1. The van der Waals surface area contributed by atoms with Gasteiger partial charge in [0.15, 0.2) is 19.5 Å². The van der Waals surface area contributed by atoms with Gasteiger partial charge in [-0.25, -0.2) is 14.4 Å². The van der Waals surface area contributed by atoms with Gasteiger partial charge in [-0.2, -0.15) is 52.7 Å². The monoisotopic (exact) mass is 764 g/mol. The van der Waals surface area contributed by atoms with Crippen LogP contribution >= 0.6 is 11.6 Å². The molecule has 0 aromatic carbocycles. The van der Waals surface area contributed by atoms with E-state index in [2.05, 4.69) is 36.8 Å². The van der Waals surface area contributed by atoms with Gasteiger partial charge in [-0.05, 0) is 25.4 Å². The van der Waals surface area contributed by atoms with E-state index >= 15 is 0 Å². The second-order valence-corrected chi connectivity index (χ2v) is 11.0. The van der Waals surface area contributed by atoms with E-state index in [1.807, 2.05) is 0 Å². The lowest BCUT2D eigenvalue weighted by atomic mass is 9.93. The molecule has 2 rings (SSSR count). The molecule has 0 spiro atoms. The fraction of sp³-hybridized carbons (Fsp3) is 0.692. The molecule has 49 heavy (non-hydrogen) atoms. The van der Waals surface area contributed by atoms with Crippen molar-refractivity contribution in [1.82, 2.24) is 0 Å². The van der Waals surface area contributed by atoms with Gasteiger partial charge < -0.3 is 28.8 Å². The van der Waals surface area contributed by atoms with E-state index in [1.54, 1.807) is 0 Å². The molecule has 2 heterocycles. The number of hydrogen-bond donors (Lipinski definition) is 1. The predicted molar refractivity (Wildman–Crippen MR) is 138 cm³/mol. The summed E-state index contributed by atoms with van der Waals surface area (Å²) in [7, 11) is 0. The van der Waals surface area contributed by atoms with Gasteiger partial charge in [-0.1, -0.05) is 27.0 Å². The van der Waals surface area contributed by atoms with E-state index in [9.17, 15) is 71.9 Å². The van der Waals surface area contributed by atoms with Gasteiger partial charge in [0.2, 0.25) is 6.29 Å². The van der Waals surface area contributed by atoms with E-state index < -0.39 is 110 Å². The minimum Gasteiger partial charge on any atom is -0.453 e. The summed E-state index contributed by atoms with van der Waals surface area (Å²) in [4.78, 5) is 43.0. The number of carbonyl (C=O) groups excluding carboxylic acids is 4. The SMILES string of the molecule is C=C(C)C(=O)OCC(=O)Cl.C=C(C)C(=O)OCC(=O)OC1OC(C(F)(F)F)(C(F)(F)F)CC1C.CC1CC(C(F)(F)F)(C(F)(F)F)OC1O. The van der Waals surface area contributed by atoms with E-state index in [0.29, 0.717) is 0 Å². The second kappa shape index (κ2) is 16.7. The molecule has 4 unspecified atom stereocenters. The third-order valence-electron chi connectivity index (χ3n) is 6.22. The number of esters is 3. The number of aliphatic hydroxyl groups excluding tert-OH is 1. The zero-order valence-corrected chi connectivity index (χ0v) is 26.3. The van der Waals surface area contributed by atoms with Crippen LogP contribution in [-0.2, 0) is 42.9 Å². The molecular formula is C26H29ClF12O10. The first-order valence-electron chi connectivity index (χ1n) is 13.1. The van der Waals surface area contributed by atoms with Crippen molar-refractivity contribution in [3.05, 3.63) is 24.3 Å². The largest absolute Gasteiger partial charge is 0.453 e. The van der Waals surface area contributed by atoms with Crippen molar-refractivity contribution in [2.75, 3.05) is 13.2 Å². The van der Waals surface area contributed by atoms with E-state index in [0.717, 1.165) is 13.8 Å². The molecule has 10 nitrogen and oxygen atoms in total. The molecule has 2 fully saturated rings. The Morgan fingerprint density at radius 2 is 1.06 bits per heavy atom. The fourth-order valence-electron chi connectivity index (χ4n) is 3.69. The summed E-state index contributed by atoms with van der Waals surface area (Å²) in [6.07, 6.45) is -29.6. The maximum absolute atomic E-state index is 12.9. The quantitative estimate of drug-likeness (QED) is 0.108. The van der Waals surface area contributed by atoms with Crippen LogP contribution in [0.4, 0.5) is 52.7 Å². The van der Waals surface area contributed by atoms with Crippen LogP contribution in [0.25, 0.3) is 0 Å². The number of hydrogen-bond acceptors (Lipinski definition) is 10. The topological polar surface area (TPSA) is 135 Å². The van der Waals surface area contributed by atoms with Crippen LogP contribution in [0, 0.1) is 11.8 Å². The number of rotatable bonds is 7. The van der Waals surface area contributed by atoms with E-state index in [1.165, 1.54) is 13.8 Å². The molecule has 2 aliphatic heterocycles. The standard InChI is InChI=1S/C13H14F6O5.C7H8F6O2.C6H7ClO3/c1-6(2)9(21)22-5-8(20)23-10-7(3)4-11(24-10,12(14,15)16)13(17,18)19;1-3-2-5(6(8,9)10,7(11,12)13)15-4(3)14;1-4(2)6(9)10-3-5(7)8/h7,10H,1,4-5H2,2-3H3;3-4,14H,2H2,1H3;1,3H2,2H3. The van der Waals surface area contributed by atoms with E-state index in [-0.39, 0.29) is 11.1 Å². The Bertz CT molecular complexity index is 1190. The van der Waals surface area contributed by atoms with Crippen molar-refractivity contribution in [1.29, 1.82) is 0 Å². The van der Waals surface area contributed by atoms with Crippen LogP contribution in [0.2, 0.25) is 0 Å². The molecule has 0 aromatic heterocycles. The maximum Gasteiger partial charge on any atom is 0.426 e. The molecule has 0 bridgehead atoms. The molecule has 0 aliphatic carbocycles. The van der Waals surface area contributed by atoms with Crippen molar-refractivity contribution in [2.24, 2.45) is 11.8 Å². The molecule has 2 aliphatic rings. The molecule has 0 amide bonds. The van der Waals surface area contributed by atoms with Crippen LogP contribution < -0.4 is 0 Å². The van der Waals surface area contributed by atoms with Crippen molar-refractivity contribution in [3.8, 4) is 0 Å². The highest BCUT2D eigenvalue weighted by Crippen LogP contribution is 2.55. The number of carbonyl (C=O) groups is 4. The van der Waals surface area contributed by atoms with Gasteiger partial charge in [0.05, 0.1) is 0 Å². The number of aliphatic hydroxyl groups is 1. The molecule has 1 N–H and O–H groups in total. The first-order valence-corrected chi connectivity index (χ1v) is 13.5. The van der Waals surface area contributed by atoms with Gasteiger partial charge in [-0.3, -0.25) is 4.79 Å². The Morgan fingerprint density at radius 3 is 1.33 bits per heavy atom. The average molecular weight is 765 g/mol. The highest BCUT2D eigenvalue weighted by Gasteiger charge is 2.77. The first-order chi connectivity index (χ1) is 21.8. The van der Waals surface area contributed by atoms with Crippen LogP contribution in [0.3, 0.4) is 0 Å². The number of ether oxygens (including phenoxy) is 5. The highest BCUT2D eigenvalue weighted by molar-refractivity contribution is 6.64. The minimum atomic E-state index is -5.74. The summed E-state index contributed by atoms with van der Waals surface area (Å²) in [6, 6.07) is 0. The Balaban J connectivity index is 0.000000783.